The first kappa shape index (κ1) is 11.7. The van der Waals surface area contributed by atoms with Crippen LogP contribution in [-0.4, -0.2) is 20.2 Å². The third-order valence-corrected chi connectivity index (χ3v) is 0.563. The Morgan fingerprint density at radius 3 is 1.70 bits per heavy atom. The van der Waals surface area contributed by atoms with E-state index in [0.29, 0.717) is 0 Å². The van der Waals surface area contributed by atoms with Gasteiger partial charge in [-0.3, -0.25) is 0 Å². The summed E-state index contributed by atoms with van der Waals surface area (Å²) < 4.78 is 3.40. The lowest BCUT2D eigenvalue weighted by Gasteiger charge is -1.71. The predicted octanol–water partition coefficient (Wildman–Crippen LogP) is 1.71. The van der Waals surface area contributed by atoms with E-state index in [1.807, 2.05) is 0 Å². The summed E-state index contributed by atoms with van der Waals surface area (Å²) in [7, 11) is 0. The van der Waals surface area contributed by atoms with Crippen LogP contribution in [0, 0.1) is 0 Å². The Morgan fingerprint density at radius 1 is 1.20 bits per heavy atom. The summed E-state index contributed by atoms with van der Waals surface area (Å²) in [6.07, 6.45) is 0. The fraction of sp³-hybridized carbons (Fsp3) is 0. The van der Waals surface area contributed by atoms with Crippen LogP contribution in [0.5, 0.6) is 0 Å². The van der Waals surface area contributed by atoms with Crippen molar-refractivity contribution in [1.29, 1.82) is 0 Å². The molecule has 0 fully saturated rings. The molecule has 0 aliphatic rings. The van der Waals surface area contributed by atoms with Gasteiger partial charge in [-0.1, -0.05) is 16.9 Å². The van der Waals surface area contributed by atoms with Crippen molar-refractivity contribution in [2.45, 2.75) is 0 Å². The van der Waals surface area contributed by atoms with Crippen LogP contribution in [-0.2, 0) is 4.94 Å². The summed E-state index contributed by atoms with van der Waals surface area (Å²) in [6, 6.07) is 0. The minimum atomic E-state index is 1.24. The van der Waals surface area contributed by atoms with Crippen LogP contribution in [0.15, 0.2) is 26.7 Å². The van der Waals surface area contributed by atoms with Gasteiger partial charge in [-0.05, 0) is 12.1 Å². The zero-order valence-corrected chi connectivity index (χ0v) is 6.38. The maximum atomic E-state index is 3.86. The van der Waals surface area contributed by atoms with Crippen molar-refractivity contribution >= 4 is 32.1 Å². The van der Waals surface area contributed by atoms with Gasteiger partial charge in [-0.15, -0.1) is 0 Å². The van der Waals surface area contributed by atoms with E-state index in [-0.39, 0.29) is 0 Å². The molecule has 0 aliphatic heterocycles. The standard InChI is InChI=1S/C3H5NS.C2H4N2O/c2*1-3-5-4-2/h3H,1-2H2;1-2H2. The topological polar surface area (TPSA) is 46.3 Å². The van der Waals surface area contributed by atoms with Gasteiger partial charge in [0.15, 0.2) is 0 Å². The second kappa shape index (κ2) is 15.7. The van der Waals surface area contributed by atoms with Crippen LogP contribution in [0.1, 0.15) is 0 Å². The highest BCUT2D eigenvalue weighted by atomic mass is 32.2. The first-order valence-corrected chi connectivity index (χ1v) is 2.98. The summed E-state index contributed by atoms with van der Waals surface area (Å²) in [5, 5.41) is 7.37. The summed E-state index contributed by atoms with van der Waals surface area (Å²) in [5.74, 6) is 0. The third kappa shape index (κ3) is 28.6. The van der Waals surface area contributed by atoms with Gasteiger partial charge in [-0.25, -0.2) is 9.34 Å². The summed E-state index contributed by atoms with van der Waals surface area (Å²) in [6.45, 7) is 12.5. The smallest absolute Gasteiger partial charge is 0.0333 e. The highest BCUT2D eigenvalue weighted by Crippen LogP contribution is 1.95. The molecule has 10 heavy (non-hydrogen) atoms. The lowest BCUT2D eigenvalue weighted by Crippen LogP contribution is -1.55. The van der Waals surface area contributed by atoms with Crippen LogP contribution in [0.4, 0.5) is 0 Å². The van der Waals surface area contributed by atoms with Gasteiger partial charge < -0.3 is 0 Å². The average molecular weight is 159 g/mol. The molecule has 0 rings (SSSR count). The number of hydrogen-bond donors (Lipinski definition) is 0. The van der Waals surface area contributed by atoms with Crippen molar-refractivity contribution in [2.24, 2.45) is 14.7 Å². The zero-order valence-electron chi connectivity index (χ0n) is 5.56. The molecule has 0 spiro atoms. The average Bonchev–Trinajstić information content (AvgIpc) is 1.93. The maximum Gasteiger partial charge on any atom is 0.0333 e. The van der Waals surface area contributed by atoms with Crippen molar-refractivity contribution in [1.82, 2.24) is 0 Å². The Hall–Kier alpha value is -1.10. The fourth-order valence-electron chi connectivity index (χ4n) is 0.0935. The molecule has 0 saturated heterocycles. The van der Waals surface area contributed by atoms with Crippen LogP contribution in [0.25, 0.3) is 0 Å². The molecule has 0 aromatic rings. The summed E-state index contributed by atoms with van der Waals surface area (Å²) in [5.41, 5.74) is 0. The van der Waals surface area contributed by atoms with Crippen LogP contribution < -0.4 is 0 Å². The van der Waals surface area contributed by atoms with Crippen LogP contribution in [0.2, 0.25) is 0 Å². The van der Waals surface area contributed by atoms with E-state index in [2.05, 4.69) is 46.4 Å². The summed E-state index contributed by atoms with van der Waals surface area (Å²) in [4.78, 5) is 3.86. The van der Waals surface area contributed by atoms with E-state index >= 15 is 0 Å². The number of oxime groups is 2. The molecule has 0 heterocycles. The van der Waals surface area contributed by atoms with Crippen molar-refractivity contribution in [2.75, 3.05) is 0 Å². The minimum absolute atomic E-state index is 1.24. The van der Waals surface area contributed by atoms with E-state index in [4.69, 9.17) is 0 Å². The van der Waals surface area contributed by atoms with Gasteiger partial charge in [0.25, 0.3) is 0 Å². The van der Waals surface area contributed by atoms with Gasteiger partial charge >= 0.3 is 0 Å². The first-order chi connectivity index (χ1) is 4.83. The van der Waals surface area contributed by atoms with Gasteiger partial charge in [0.2, 0.25) is 0 Å². The zero-order chi connectivity index (χ0) is 8.24. The molecule has 0 aromatic carbocycles. The highest BCUT2D eigenvalue weighted by molar-refractivity contribution is 8.00. The van der Waals surface area contributed by atoms with Crippen molar-refractivity contribution in [3.8, 4) is 0 Å². The Kier molecular flexibility index (Phi) is 18.3. The monoisotopic (exact) mass is 159 g/mol. The van der Waals surface area contributed by atoms with E-state index in [1.54, 1.807) is 5.41 Å². The molecule has 0 radical (unpaired) electrons. The number of nitrogens with zero attached hydrogens (tertiary/aromatic N) is 3. The Balaban J connectivity index is 0. The van der Waals surface area contributed by atoms with E-state index in [9.17, 15) is 0 Å². The molecule has 5 heteroatoms. The molecule has 0 aromatic heterocycles. The second-order valence-corrected chi connectivity index (χ2v) is 1.54. The van der Waals surface area contributed by atoms with Gasteiger partial charge in [-0.2, -0.15) is 0 Å². The molecular weight excluding hydrogens is 150 g/mol. The molecular formula is C5H9N3OS. The quantitative estimate of drug-likeness (QED) is 0.356. The molecule has 0 N–H and O–H groups in total. The van der Waals surface area contributed by atoms with Gasteiger partial charge in [0.05, 0.1) is 0 Å². The second-order valence-electron chi connectivity index (χ2n) is 0.741. The predicted molar refractivity (Wildman–Crippen MR) is 47.5 cm³/mol. The van der Waals surface area contributed by atoms with Crippen LogP contribution >= 0.6 is 11.9 Å². The molecule has 4 nitrogen and oxygen atoms in total. The lowest BCUT2D eigenvalue weighted by atomic mass is 11.3. The van der Waals surface area contributed by atoms with Crippen molar-refractivity contribution in [3.05, 3.63) is 12.0 Å². The molecule has 0 atom stereocenters. The van der Waals surface area contributed by atoms with Crippen molar-refractivity contribution < 1.29 is 4.94 Å². The highest BCUT2D eigenvalue weighted by Gasteiger charge is 1.52. The van der Waals surface area contributed by atoms with Crippen LogP contribution in [0.3, 0.4) is 0 Å². The van der Waals surface area contributed by atoms with Crippen molar-refractivity contribution in [3.63, 3.8) is 0 Å². The normalized spacial score (nSPS) is 6.00. The first-order valence-electron chi connectivity index (χ1n) is 2.14. The van der Waals surface area contributed by atoms with Gasteiger partial charge in [0, 0.05) is 25.4 Å². The largest absolute Gasteiger partial charge is 0.246 e. The molecule has 0 saturated carbocycles. The SMILES string of the molecule is C=CSN=C.C=NON=C. The lowest BCUT2D eigenvalue weighted by molar-refractivity contribution is 0.161. The summed E-state index contributed by atoms with van der Waals surface area (Å²) >= 11 is 1.24. The molecule has 0 aliphatic carbocycles. The minimum Gasteiger partial charge on any atom is -0.246 e. The third-order valence-electron chi connectivity index (χ3n) is 0.265. The van der Waals surface area contributed by atoms with E-state index in [1.165, 1.54) is 11.9 Å². The Labute approximate surface area is 64.5 Å². The Morgan fingerprint density at radius 2 is 1.70 bits per heavy atom. The molecule has 0 amide bonds. The molecule has 0 bridgehead atoms. The molecule has 0 unspecified atom stereocenters. The number of hydrogen-bond acceptors (Lipinski definition) is 5. The van der Waals surface area contributed by atoms with E-state index in [0.717, 1.165) is 0 Å². The van der Waals surface area contributed by atoms with Gasteiger partial charge in [0.1, 0.15) is 0 Å². The molecule has 56 valence electrons. The Bertz CT molecular complexity index is 89.5. The van der Waals surface area contributed by atoms with E-state index < -0.39 is 0 Å². The fourth-order valence-corrected chi connectivity index (χ4v) is 0.199. The maximum absolute atomic E-state index is 3.86. The number of rotatable bonds is 4.